The third kappa shape index (κ3) is 3.40. The van der Waals surface area contributed by atoms with Gasteiger partial charge in [0.1, 0.15) is 47.5 Å². The Balaban J connectivity index is 1.61. The normalized spacial score (nSPS) is 34.0. The zero-order valence-electron chi connectivity index (χ0n) is 16.3. The molecule has 0 saturated carbocycles. The zero-order valence-corrected chi connectivity index (χ0v) is 16.3. The molecule has 1 aromatic carbocycles. The van der Waals surface area contributed by atoms with Gasteiger partial charge in [-0.25, -0.2) is 4.79 Å². The SMILES string of the molecule is CC(C)(O[C@H]1O[C@@H](CO)[C@H](O)[C@@H](O)[C@@H]1O)[C@H]1Oc2ccc3ccc(=O)oc3c2[C@H]1O. The molecule has 10 nitrogen and oxygen atoms in total. The van der Waals surface area contributed by atoms with E-state index in [1.54, 1.807) is 32.0 Å². The first-order valence-corrected chi connectivity index (χ1v) is 9.54. The van der Waals surface area contributed by atoms with Crippen molar-refractivity contribution in [2.24, 2.45) is 0 Å². The van der Waals surface area contributed by atoms with Crippen LogP contribution in [-0.2, 0) is 9.47 Å². The minimum atomic E-state index is -1.60. The number of aliphatic hydroxyl groups is 5. The van der Waals surface area contributed by atoms with Gasteiger partial charge in [0, 0.05) is 11.5 Å². The van der Waals surface area contributed by atoms with E-state index < -0.39 is 60.7 Å². The molecule has 0 spiro atoms. The molecule has 2 aliphatic heterocycles. The van der Waals surface area contributed by atoms with Crippen LogP contribution in [0.5, 0.6) is 5.75 Å². The van der Waals surface area contributed by atoms with Gasteiger partial charge in [-0.3, -0.25) is 0 Å². The first-order valence-electron chi connectivity index (χ1n) is 9.54. The summed E-state index contributed by atoms with van der Waals surface area (Å²) in [5.41, 5.74) is -1.32. The van der Waals surface area contributed by atoms with E-state index in [1.165, 1.54) is 6.07 Å². The molecule has 30 heavy (non-hydrogen) atoms. The molecule has 0 aliphatic carbocycles. The lowest BCUT2D eigenvalue weighted by molar-refractivity contribution is -0.332. The fraction of sp³-hybridized carbons (Fsp3) is 0.550. The maximum atomic E-state index is 11.7. The summed E-state index contributed by atoms with van der Waals surface area (Å²) in [6.45, 7) is 2.59. The third-order valence-corrected chi connectivity index (χ3v) is 5.58. The molecule has 7 atom stereocenters. The Morgan fingerprint density at radius 2 is 1.73 bits per heavy atom. The Morgan fingerprint density at radius 1 is 1.03 bits per heavy atom. The van der Waals surface area contributed by atoms with Gasteiger partial charge in [0.2, 0.25) is 0 Å². The van der Waals surface area contributed by atoms with E-state index in [4.69, 9.17) is 18.6 Å². The number of aliphatic hydroxyl groups excluding tert-OH is 5. The number of ether oxygens (including phenoxy) is 3. The number of rotatable bonds is 4. The Morgan fingerprint density at radius 3 is 2.43 bits per heavy atom. The van der Waals surface area contributed by atoms with Gasteiger partial charge in [0.05, 0.1) is 12.2 Å². The molecule has 1 fully saturated rings. The number of benzene rings is 1. The number of hydrogen-bond donors (Lipinski definition) is 5. The Kier molecular flexibility index (Phi) is 5.35. The molecular weight excluding hydrogens is 400 g/mol. The summed E-state index contributed by atoms with van der Waals surface area (Å²) in [5.74, 6) is 0.319. The van der Waals surface area contributed by atoms with Crippen molar-refractivity contribution in [1.29, 1.82) is 0 Å². The van der Waals surface area contributed by atoms with E-state index in [-0.39, 0.29) is 5.58 Å². The van der Waals surface area contributed by atoms with Crippen molar-refractivity contribution in [1.82, 2.24) is 0 Å². The molecule has 1 saturated heterocycles. The molecule has 0 unspecified atom stereocenters. The van der Waals surface area contributed by atoms with Crippen LogP contribution in [0, 0.1) is 0 Å². The van der Waals surface area contributed by atoms with Crippen molar-refractivity contribution < 1.29 is 44.2 Å². The van der Waals surface area contributed by atoms with Crippen LogP contribution in [0.15, 0.2) is 33.5 Å². The van der Waals surface area contributed by atoms with Gasteiger partial charge in [-0.05, 0) is 32.0 Å². The van der Waals surface area contributed by atoms with Crippen molar-refractivity contribution in [3.05, 3.63) is 40.2 Å². The molecule has 4 rings (SSSR count). The quantitative estimate of drug-likeness (QED) is 0.393. The highest BCUT2D eigenvalue weighted by atomic mass is 16.7. The lowest BCUT2D eigenvalue weighted by Gasteiger charge is -2.44. The van der Waals surface area contributed by atoms with Crippen molar-refractivity contribution >= 4 is 11.0 Å². The molecule has 2 aromatic rings. The maximum Gasteiger partial charge on any atom is 0.336 e. The lowest BCUT2D eigenvalue weighted by atomic mass is 9.92. The van der Waals surface area contributed by atoms with Gasteiger partial charge in [0.15, 0.2) is 12.4 Å². The summed E-state index contributed by atoms with van der Waals surface area (Å²) < 4.78 is 22.4. The molecular formula is C20H24O10. The van der Waals surface area contributed by atoms with Crippen molar-refractivity contribution in [2.45, 2.75) is 62.4 Å². The summed E-state index contributed by atoms with van der Waals surface area (Å²) in [5, 5.41) is 51.0. The van der Waals surface area contributed by atoms with Crippen molar-refractivity contribution in [3.8, 4) is 5.75 Å². The molecule has 3 heterocycles. The second-order valence-electron chi connectivity index (χ2n) is 8.05. The predicted molar refractivity (Wildman–Crippen MR) is 101 cm³/mol. The first kappa shape index (κ1) is 21.2. The molecule has 2 aliphatic rings. The smallest absolute Gasteiger partial charge is 0.336 e. The van der Waals surface area contributed by atoms with Gasteiger partial charge >= 0.3 is 5.63 Å². The van der Waals surface area contributed by atoms with E-state index in [1.807, 2.05) is 0 Å². The summed E-state index contributed by atoms with van der Waals surface area (Å²) in [6.07, 6.45) is -9.44. The average Bonchev–Trinajstić information content (AvgIpc) is 3.06. The molecule has 5 N–H and O–H groups in total. The topological polar surface area (TPSA) is 159 Å². The largest absolute Gasteiger partial charge is 0.484 e. The van der Waals surface area contributed by atoms with Crippen LogP contribution in [0.1, 0.15) is 25.5 Å². The number of hydrogen-bond acceptors (Lipinski definition) is 10. The molecule has 1 aromatic heterocycles. The second-order valence-corrected chi connectivity index (χ2v) is 8.05. The van der Waals surface area contributed by atoms with E-state index >= 15 is 0 Å². The molecule has 0 radical (unpaired) electrons. The monoisotopic (exact) mass is 424 g/mol. The Hall–Kier alpha value is -2.05. The summed E-state index contributed by atoms with van der Waals surface area (Å²) >= 11 is 0. The van der Waals surface area contributed by atoms with Crippen LogP contribution in [-0.4, -0.2) is 74.6 Å². The summed E-state index contributed by atoms with van der Waals surface area (Å²) in [6, 6.07) is 6.19. The maximum absolute atomic E-state index is 11.7. The summed E-state index contributed by atoms with van der Waals surface area (Å²) in [4.78, 5) is 11.7. The Bertz CT molecular complexity index is 983. The van der Waals surface area contributed by atoms with Gasteiger partial charge in [-0.15, -0.1) is 0 Å². The minimum absolute atomic E-state index is 0.207. The fourth-order valence-corrected chi connectivity index (χ4v) is 3.92. The average molecular weight is 424 g/mol. The van der Waals surface area contributed by atoms with Gasteiger partial charge in [-0.2, -0.15) is 0 Å². The van der Waals surface area contributed by atoms with E-state index in [2.05, 4.69) is 0 Å². The third-order valence-electron chi connectivity index (χ3n) is 5.58. The predicted octanol–water partition coefficient (Wildman–Crippen LogP) is -0.817. The van der Waals surface area contributed by atoms with Gasteiger partial charge < -0.3 is 44.2 Å². The first-order chi connectivity index (χ1) is 14.1. The van der Waals surface area contributed by atoms with Gasteiger partial charge in [-0.1, -0.05) is 0 Å². The van der Waals surface area contributed by atoms with Crippen LogP contribution in [0.4, 0.5) is 0 Å². The minimum Gasteiger partial charge on any atom is -0.484 e. The van der Waals surface area contributed by atoms with Crippen LogP contribution in [0.25, 0.3) is 11.0 Å². The lowest BCUT2D eigenvalue weighted by Crippen LogP contribution is -2.61. The molecule has 0 amide bonds. The second kappa shape index (κ2) is 7.57. The molecule has 164 valence electrons. The molecule has 0 bridgehead atoms. The van der Waals surface area contributed by atoms with E-state index in [0.717, 1.165) is 0 Å². The van der Waals surface area contributed by atoms with E-state index in [0.29, 0.717) is 16.7 Å². The highest BCUT2D eigenvalue weighted by Gasteiger charge is 2.51. The standard InChI is InChI=1S/C20H24O10/c1-20(2,30-19-16(26)15(25)13(23)10(7-21)28-19)18-14(24)12-9(27-18)5-3-8-4-6-11(22)29-17(8)12/h3-6,10,13-16,18-19,21,23-26H,7H2,1-2H3/t10-,13-,14+,15+,16-,18-,19+/m0/s1. The van der Waals surface area contributed by atoms with Crippen molar-refractivity contribution in [2.75, 3.05) is 6.61 Å². The van der Waals surface area contributed by atoms with Crippen molar-refractivity contribution in [3.63, 3.8) is 0 Å². The van der Waals surface area contributed by atoms with E-state index in [9.17, 15) is 30.3 Å². The zero-order chi connectivity index (χ0) is 21.8. The Labute approximate surface area is 170 Å². The highest BCUT2D eigenvalue weighted by molar-refractivity contribution is 5.83. The highest BCUT2D eigenvalue weighted by Crippen LogP contribution is 2.45. The number of fused-ring (bicyclic) bond motifs is 3. The fourth-order valence-electron chi connectivity index (χ4n) is 3.92. The van der Waals surface area contributed by atoms with Gasteiger partial charge in [0.25, 0.3) is 0 Å². The van der Waals surface area contributed by atoms with Crippen LogP contribution >= 0.6 is 0 Å². The van der Waals surface area contributed by atoms with Crippen LogP contribution in [0.3, 0.4) is 0 Å². The summed E-state index contributed by atoms with van der Waals surface area (Å²) in [7, 11) is 0. The van der Waals surface area contributed by atoms with Crippen LogP contribution in [0.2, 0.25) is 0 Å². The molecule has 10 heteroatoms. The van der Waals surface area contributed by atoms with Crippen LogP contribution < -0.4 is 10.4 Å².